The van der Waals surface area contributed by atoms with Crippen molar-refractivity contribution in [2.45, 2.75) is 38.8 Å². The van der Waals surface area contributed by atoms with E-state index in [0.29, 0.717) is 11.0 Å². The van der Waals surface area contributed by atoms with E-state index in [-0.39, 0.29) is 12.1 Å². The summed E-state index contributed by atoms with van der Waals surface area (Å²) in [5.41, 5.74) is 5.46. The number of thiocarbonyl (C=S) groups is 1. The molecule has 1 aliphatic heterocycles. The Morgan fingerprint density at radius 3 is 2.50 bits per heavy atom. The highest BCUT2D eigenvalue weighted by molar-refractivity contribution is 9.10. The van der Waals surface area contributed by atoms with Crippen LogP contribution >= 0.6 is 28.1 Å². The van der Waals surface area contributed by atoms with Crippen molar-refractivity contribution >= 4 is 38.9 Å². The van der Waals surface area contributed by atoms with E-state index in [2.05, 4.69) is 94.4 Å². The molecule has 0 aliphatic carbocycles. The van der Waals surface area contributed by atoms with Crippen LogP contribution in [-0.2, 0) is 0 Å². The van der Waals surface area contributed by atoms with Crippen LogP contribution in [0.15, 0.2) is 87.9 Å². The molecule has 4 aromatic rings. The van der Waals surface area contributed by atoms with Gasteiger partial charge in [0.1, 0.15) is 17.6 Å². The molecule has 4 nitrogen and oxygen atoms in total. The summed E-state index contributed by atoms with van der Waals surface area (Å²) in [6.07, 6.45) is 1.81. The number of halogens is 1. The lowest BCUT2D eigenvalue weighted by atomic mass is 10.0. The van der Waals surface area contributed by atoms with Gasteiger partial charge in [0.2, 0.25) is 0 Å². The van der Waals surface area contributed by atoms with E-state index < -0.39 is 0 Å². The Kier molecular flexibility index (Phi) is 6.28. The summed E-state index contributed by atoms with van der Waals surface area (Å²) in [6.45, 7) is 6.47. The number of pyridine rings is 1. The highest BCUT2D eigenvalue weighted by Crippen LogP contribution is 2.43. The molecule has 0 saturated carbocycles. The van der Waals surface area contributed by atoms with Crippen LogP contribution in [0.5, 0.6) is 0 Å². The smallest absolute Gasteiger partial charge is 0.174 e. The quantitative estimate of drug-likeness (QED) is 0.267. The first kappa shape index (κ1) is 22.8. The monoisotopic (exact) mass is 531 g/mol. The van der Waals surface area contributed by atoms with Crippen molar-refractivity contribution in [2.24, 2.45) is 0 Å². The number of furan rings is 1. The molecule has 0 spiro atoms. The molecule has 0 radical (unpaired) electrons. The molecule has 6 heteroatoms. The van der Waals surface area contributed by atoms with E-state index in [0.717, 1.165) is 32.9 Å². The number of aromatic nitrogens is 1. The van der Waals surface area contributed by atoms with Crippen LogP contribution in [0, 0.1) is 6.92 Å². The van der Waals surface area contributed by atoms with Crippen LogP contribution in [0.2, 0.25) is 0 Å². The van der Waals surface area contributed by atoms with Crippen LogP contribution in [0.25, 0.3) is 11.3 Å². The van der Waals surface area contributed by atoms with Gasteiger partial charge in [0.25, 0.3) is 0 Å². The Bertz CT molecular complexity index is 1320. The normalized spacial score (nSPS) is 17.9. The minimum absolute atomic E-state index is 0.140. The second kappa shape index (κ2) is 9.35. The van der Waals surface area contributed by atoms with Crippen LogP contribution < -0.4 is 10.2 Å². The molecule has 2 atom stereocenters. The van der Waals surface area contributed by atoms with Gasteiger partial charge < -0.3 is 14.6 Å². The average molecular weight is 533 g/mol. The summed E-state index contributed by atoms with van der Waals surface area (Å²) < 4.78 is 7.50. The van der Waals surface area contributed by atoms with Gasteiger partial charge in [-0.2, -0.15) is 0 Å². The van der Waals surface area contributed by atoms with E-state index in [1.54, 1.807) is 0 Å². The number of nitrogens with one attached hydrogen (secondary N) is 1. The predicted octanol–water partition coefficient (Wildman–Crippen LogP) is 7.71. The van der Waals surface area contributed by atoms with Gasteiger partial charge in [-0.3, -0.25) is 4.98 Å². The number of rotatable bonds is 5. The molecule has 2 aromatic heterocycles. The SMILES string of the molecule is Cc1ccc(-c2ccc([C@H]3[C@@H](c4ccccn4)NC(=S)N3c3ccc(C(C)C)cc3)o2)c(Br)c1. The van der Waals surface area contributed by atoms with Crippen molar-refractivity contribution in [3.63, 3.8) is 0 Å². The molecule has 3 heterocycles. The summed E-state index contributed by atoms with van der Waals surface area (Å²) in [5.74, 6) is 2.11. The molecular formula is C28H26BrN3OS. The van der Waals surface area contributed by atoms with Crippen LogP contribution in [0.4, 0.5) is 5.69 Å². The summed E-state index contributed by atoms with van der Waals surface area (Å²) in [4.78, 5) is 6.77. The number of nitrogens with zero attached hydrogens (tertiary/aromatic N) is 2. The molecule has 34 heavy (non-hydrogen) atoms. The zero-order chi connectivity index (χ0) is 23.8. The lowest BCUT2D eigenvalue weighted by Crippen LogP contribution is -2.29. The molecule has 172 valence electrons. The van der Waals surface area contributed by atoms with Gasteiger partial charge in [0.15, 0.2) is 5.11 Å². The fourth-order valence-corrected chi connectivity index (χ4v) is 5.45. The predicted molar refractivity (Wildman–Crippen MR) is 145 cm³/mol. The second-order valence-corrected chi connectivity index (χ2v) is 10.2. The van der Waals surface area contributed by atoms with Gasteiger partial charge in [-0.15, -0.1) is 0 Å². The van der Waals surface area contributed by atoms with Gasteiger partial charge in [0.05, 0.1) is 11.7 Å². The Balaban J connectivity index is 1.58. The lowest BCUT2D eigenvalue weighted by molar-refractivity contribution is 0.439. The van der Waals surface area contributed by atoms with Gasteiger partial charge >= 0.3 is 0 Å². The van der Waals surface area contributed by atoms with E-state index in [1.807, 2.05) is 36.5 Å². The summed E-state index contributed by atoms with van der Waals surface area (Å²) >= 11 is 9.52. The fraction of sp³-hybridized carbons (Fsp3) is 0.214. The van der Waals surface area contributed by atoms with Crippen molar-refractivity contribution in [1.82, 2.24) is 10.3 Å². The number of hydrogen-bond acceptors (Lipinski definition) is 3. The van der Waals surface area contributed by atoms with Gasteiger partial charge in [-0.25, -0.2) is 0 Å². The first-order valence-corrected chi connectivity index (χ1v) is 12.6. The van der Waals surface area contributed by atoms with Gasteiger partial charge in [0, 0.05) is 21.9 Å². The maximum Gasteiger partial charge on any atom is 0.174 e. The number of benzene rings is 2. The molecule has 2 aromatic carbocycles. The zero-order valence-electron chi connectivity index (χ0n) is 19.3. The first-order valence-electron chi connectivity index (χ1n) is 11.4. The first-order chi connectivity index (χ1) is 16.4. The maximum atomic E-state index is 6.49. The minimum Gasteiger partial charge on any atom is -0.459 e. The summed E-state index contributed by atoms with van der Waals surface area (Å²) in [6, 6.07) is 24.6. The van der Waals surface area contributed by atoms with E-state index in [4.69, 9.17) is 16.6 Å². The number of aryl methyl sites for hydroxylation is 1. The molecule has 5 rings (SSSR count). The summed E-state index contributed by atoms with van der Waals surface area (Å²) in [7, 11) is 0. The van der Waals surface area contributed by atoms with Crippen molar-refractivity contribution in [3.8, 4) is 11.3 Å². The largest absolute Gasteiger partial charge is 0.459 e. The van der Waals surface area contributed by atoms with E-state index >= 15 is 0 Å². The van der Waals surface area contributed by atoms with Crippen LogP contribution in [-0.4, -0.2) is 10.1 Å². The third-order valence-corrected chi connectivity index (χ3v) is 7.21. The Morgan fingerprint density at radius 1 is 1.03 bits per heavy atom. The van der Waals surface area contributed by atoms with Crippen molar-refractivity contribution in [2.75, 3.05) is 4.90 Å². The highest BCUT2D eigenvalue weighted by Gasteiger charge is 2.42. The standard InChI is InChI=1S/C28H26BrN3OS/c1-17(2)19-8-10-20(11-9-19)32-27(26(31-28(32)34)23-6-4-5-15-30-23)25-14-13-24(33-25)21-12-7-18(3)16-22(21)29/h4-17,26-27H,1-3H3,(H,31,34)/t26-,27+/m1/s1. The Hall–Kier alpha value is -2.96. The molecule has 0 amide bonds. The third kappa shape index (κ3) is 4.28. The number of anilines is 1. The van der Waals surface area contributed by atoms with Crippen molar-refractivity contribution in [1.29, 1.82) is 0 Å². The Morgan fingerprint density at radius 2 is 1.82 bits per heavy atom. The lowest BCUT2D eigenvalue weighted by Gasteiger charge is -2.26. The van der Waals surface area contributed by atoms with Crippen LogP contribution in [0.3, 0.4) is 0 Å². The fourth-order valence-electron chi connectivity index (χ4n) is 4.42. The van der Waals surface area contributed by atoms with E-state index in [9.17, 15) is 0 Å². The molecule has 1 saturated heterocycles. The maximum absolute atomic E-state index is 6.49. The molecule has 0 unspecified atom stereocenters. The molecule has 1 N–H and O–H groups in total. The van der Waals surface area contributed by atoms with Crippen molar-refractivity contribution in [3.05, 3.63) is 106 Å². The molecular weight excluding hydrogens is 506 g/mol. The van der Waals surface area contributed by atoms with E-state index in [1.165, 1.54) is 11.1 Å². The van der Waals surface area contributed by atoms with Gasteiger partial charge in [-0.05, 0) is 84.7 Å². The topological polar surface area (TPSA) is 41.3 Å². The highest BCUT2D eigenvalue weighted by atomic mass is 79.9. The number of hydrogen-bond donors (Lipinski definition) is 1. The molecule has 1 fully saturated rings. The third-order valence-electron chi connectivity index (χ3n) is 6.24. The Labute approximate surface area is 214 Å². The van der Waals surface area contributed by atoms with Crippen LogP contribution in [0.1, 0.15) is 54.4 Å². The van der Waals surface area contributed by atoms with Crippen molar-refractivity contribution < 1.29 is 4.42 Å². The zero-order valence-corrected chi connectivity index (χ0v) is 21.7. The molecule has 0 bridgehead atoms. The molecule has 1 aliphatic rings. The van der Waals surface area contributed by atoms with Gasteiger partial charge in [-0.1, -0.05) is 54.0 Å². The average Bonchev–Trinajstić information content (AvgIpc) is 3.44. The summed E-state index contributed by atoms with van der Waals surface area (Å²) in [5, 5.41) is 4.16. The minimum atomic E-state index is -0.176. The second-order valence-electron chi connectivity index (χ2n) is 8.93.